The molecule has 4 nitrogen and oxygen atoms in total. The first-order valence-corrected chi connectivity index (χ1v) is 5.01. The summed E-state index contributed by atoms with van der Waals surface area (Å²) in [5, 5.41) is 18.6. The molecule has 4 heteroatoms. The number of phenols is 1. The predicted molar refractivity (Wildman–Crippen MR) is 64.9 cm³/mol. The lowest BCUT2D eigenvalue weighted by Gasteiger charge is -2.07. The molecule has 0 bridgehead atoms. The summed E-state index contributed by atoms with van der Waals surface area (Å²) < 4.78 is 0. The van der Waals surface area contributed by atoms with Crippen molar-refractivity contribution in [3.05, 3.63) is 48.0 Å². The number of carboxylic acids is 1. The molecule has 0 heterocycles. The SMILES string of the molecule is Nc1ccc(-c2ccccc2C(=O)O)cc1O. The van der Waals surface area contributed by atoms with E-state index in [9.17, 15) is 9.90 Å². The third kappa shape index (κ3) is 2.06. The van der Waals surface area contributed by atoms with E-state index in [1.807, 2.05) is 0 Å². The average molecular weight is 229 g/mol. The van der Waals surface area contributed by atoms with Gasteiger partial charge in [-0.1, -0.05) is 24.3 Å². The summed E-state index contributed by atoms with van der Waals surface area (Å²) in [5.74, 6) is -1.06. The van der Waals surface area contributed by atoms with Crippen LogP contribution in [0, 0.1) is 0 Å². The highest BCUT2D eigenvalue weighted by molar-refractivity contribution is 5.96. The minimum absolute atomic E-state index is 0.0531. The average Bonchev–Trinajstić information content (AvgIpc) is 2.32. The lowest BCUT2D eigenvalue weighted by atomic mass is 9.99. The Morgan fingerprint density at radius 1 is 1.12 bits per heavy atom. The van der Waals surface area contributed by atoms with Gasteiger partial charge in [0.05, 0.1) is 11.3 Å². The first-order valence-electron chi connectivity index (χ1n) is 5.01. The molecule has 0 aromatic heterocycles. The number of rotatable bonds is 2. The molecule has 0 atom stereocenters. The van der Waals surface area contributed by atoms with E-state index in [2.05, 4.69) is 0 Å². The molecule has 0 saturated heterocycles. The number of hydrogen-bond donors (Lipinski definition) is 3. The van der Waals surface area contributed by atoms with Crippen LogP contribution in [-0.2, 0) is 0 Å². The van der Waals surface area contributed by atoms with Gasteiger partial charge in [0.15, 0.2) is 0 Å². The van der Waals surface area contributed by atoms with Crippen LogP contribution in [0.25, 0.3) is 11.1 Å². The largest absolute Gasteiger partial charge is 0.506 e. The molecule has 0 aliphatic rings. The molecule has 17 heavy (non-hydrogen) atoms. The fourth-order valence-corrected chi connectivity index (χ4v) is 1.63. The number of carboxylic acid groups (broad SMARTS) is 1. The Morgan fingerprint density at radius 3 is 2.47 bits per heavy atom. The molecule has 86 valence electrons. The monoisotopic (exact) mass is 229 g/mol. The zero-order valence-corrected chi connectivity index (χ0v) is 8.92. The van der Waals surface area contributed by atoms with Crippen LogP contribution in [0.3, 0.4) is 0 Å². The van der Waals surface area contributed by atoms with Gasteiger partial charge >= 0.3 is 5.97 Å². The molecule has 0 spiro atoms. The zero-order chi connectivity index (χ0) is 12.4. The van der Waals surface area contributed by atoms with E-state index in [4.69, 9.17) is 10.8 Å². The van der Waals surface area contributed by atoms with Crippen LogP contribution in [0.1, 0.15) is 10.4 Å². The standard InChI is InChI=1S/C13H11NO3/c14-11-6-5-8(7-12(11)15)9-3-1-2-4-10(9)13(16)17/h1-7,15H,14H2,(H,16,17). The summed E-state index contributed by atoms with van der Waals surface area (Å²) >= 11 is 0. The number of phenolic OH excluding ortho intramolecular Hbond substituents is 1. The topological polar surface area (TPSA) is 83.6 Å². The molecular formula is C13H11NO3. The number of hydrogen-bond acceptors (Lipinski definition) is 3. The maximum Gasteiger partial charge on any atom is 0.336 e. The molecule has 2 rings (SSSR count). The second-order valence-electron chi connectivity index (χ2n) is 3.62. The van der Waals surface area contributed by atoms with Gasteiger partial charge in [0.25, 0.3) is 0 Å². The van der Waals surface area contributed by atoms with E-state index in [1.165, 1.54) is 12.1 Å². The van der Waals surface area contributed by atoms with Crippen LogP contribution in [0.4, 0.5) is 5.69 Å². The van der Waals surface area contributed by atoms with Crippen molar-refractivity contribution >= 4 is 11.7 Å². The molecule has 0 aliphatic carbocycles. The number of nitrogen functional groups attached to an aromatic ring is 1. The molecule has 4 N–H and O–H groups in total. The van der Waals surface area contributed by atoms with Gasteiger partial charge in [-0.2, -0.15) is 0 Å². The van der Waals surface area contributed by atoms with E-state index < -0.39 is 5.97 Å². The quantitative estimate of drug-likeness (QED) is 0.545. The van der Waals surface area contributed by atoms with Crippen molar-refractivity contribution < 1.29 is 15.0 Å². The van der Waals surface area contributed by atoms with Crippen molar-refractivity contribution in [2.45, 2.75) is 0 Å². The summed E-state index contributed by atoms with van der Waals surface area (Å²) in [6.07, 6.45) is 0. The highest BCUT2D eigenvalue weighted by Gasteiger charge is 2.11. The van der Waals surface area contributed by atoms with Gasteiger partial charge in [-0.05, 0) is 29.3 Å². The number of anilines is 1. The minimum Gasteiger partial charge on any atom is -0.506 e. The highest BCUT2D eigenvalue weighted by Crippen LogP contribution is 2.29. The fraction of sp³-hybridized carbons (Fsp3) is 0. The Bertz CT molecular complexity index is 579. The smallest absolute Gasteiger partial charge is 0.336 e. The van der Waals surface area contributed by atoms with Crippen LogP contribution < -0.4 is 5.73 Å². The third-order valence-corrected chi connectivity index (χ3v) is 2.50. The zero-order valence-electron chi connectivity index (χ0n) is 8.92. The van der Waals surface area contributed by atoms with E-state index in [1.54, 1.807) is 30.3 Å². The van der Waals surface area contributed by atoms with Crippen LogP contribution in [0.15, 0.2) is 42.5 Å². The van der Waals surface area contributed by atoms with Gasteiger partial charge in [0.2, 0.25) is 0 Å². The van der Waals surface area contributed by atoms with E-state index in [0.29, 0.717) is 11.1 Å². The van der Waals surface area contributed by atoms with Gasteiger partial charge in [0, 0.05) is 0 Å². The number of carbonyl (C=O) groups is 1. The van der Waals surface area contributed by atoms with Gasteiger partial charge < -0.3 is 15.9 Å². The lowest BCUT2D eigenvalue weighted by Crippen LogP contribution is -1.99. The minimum atomic E-state index is -1.00. The Kier molecular flexibility index (Phi) is 2.70. The van der Waals surface area contributed by atoms with E-state index in [-0.39, 0.29) is 17.0 Å². The number of aromatic carboxylic acids is 1. The summed E-state index contributed by atoms with van der Waals surface area (Å²) in [5.41, 5.74) is 7.13. The highest BCUT2D eigenvalue weighted by atomic mass is 16.4. The van der Waals surface area contributed by atoms with Crippen molar-refractivity contribution in [1.29, 1.82) is 0 Å². The molecule has 2 aromatic carbocycles. The van der Waals surface area contributed by atoms with Crippen molar-refractivity contribution in [2.24, 2.45) is 0 Å². The number of benzene rings is 2. The second kappa shape index (κ2) is 4.17. The molecular weight excluding hydrogens is 218 g/mol. The number of aromatic hydroxyl groups is 1. The van der Waals surface area contributed by atoms with Crippen molar-refractivity contribution in [1.82, 2.24) is 0 Å². The fourth-order valence-electron chi connectivity index (χ4n) is 1.63. The predicted octanol–water partition coefficient (Wildman–Crippen LogP) is 2.34. The maximum absolute atomic E-state index is 11.1. The first-order chi connectivity index (χ1) is 8.09. The van der Waals surface area contributed by atoms with Gasteiger partial charge in [-0.3, -0.25) is 0 Å². The van der Waals surface area contributed by atoms with Gasteiger partial charge in [0.1, 0.15) is 5.75 Å². The summed E-state index contributed by atoms with van der Waals surface area (Å²) in [6, 6.07) is 11.3. The summed E-state index contributed by atoms with van der Waals surface area (Å²) in [7, 11) is 0. The molecule has 0 aliphatic heterocycles. The second-order valence-corrected chi connectivity index (χ2v) is 3.62. The lowest BCUT2D eigenvalue weighted by molar-refractivity contribution is 0.0697. The first kappa shape index (κ1) is 11.0. The molecule has 0 fully saturated rings. The third-order valence-electron chi connectivity index (χ3n) is 2.50. The summed E-state index contributed by atoms with van der Waals surface area (Å²) in [6.45, 7) is 0. The molecule has 0 radical (unpaired) electrons. The normalized spacial score (nSPS) is 10.1. The van der Waals surface area contributed by atoms with E-state index >= 15 is 0 Å². The van der Waals surface area contributed by atoms with Crippen molar-refractivity contribution in [3.63, 3.8) is 0 Å². The van der Waals surface area contributed by atoms with Crippen LogP contribution >= 0.6 is 0 Å². The Hall–Kier alpha value is -2.49. The number of nitrogens with two attached hydrogens (primary N) is 1. The Morgan fingerprint density at radius 2 is 1.82 bits per heavy atom. The van der Waals surface area contributed by atoms with Crippen LogP contribution in [0.2, 0.25) is 0 Å². The Balaban J connectivity index is 2.60. The van der Waals surface area contributed by atoms with E-state index in [0.717, 1.165) is 0 Å². The molecule has 2 aromatic rings. The van der Waals surface area contributed by atoms with Crippen LogP contribution in [-0.4, -0.2) is 16.2 Å². The molecule has 0 saturated carbocycles. The van der Waals surface area contributed by atoms with Crippen molar-refractivity contribution in [3.8, 4) is 16.9 Å². The molecule has 0 amide bonds. The van der Waals surface area contributed by atoms with Gasteiger partial charge in [-0.25, -0.2) is 4.79 Å². The maximum atomic E-state index is 11.1. The Labute approximate surface area is 97.9 Å². The van der Waals surface area contributed by atoms with Crippen LogP contribution in [0.5, 0.6) is 5.75 Å². The molecule has 0 unspecified atom stereocenters. The summed E-state index contributed by atoms with van der Waals surface area (Å²) in [4.78, 5) is 11.1. The van der Waals surface area contributed by atoms with Gasteiger partial charge in [-0.15, -0.1) is 0 Å². The van der Waals surface area contributed by atoms with Crippen molar-refractivity contribution in [2.75, 3.05) is 5.73 Å².